The molecule has 19 heavy (non-hydrogen) atoms. The fourth-order valence-corrected chi connectivity index (χ4v) is 2.95. The lowest BCUT2D eigenvalue weighted by atomic mass is 9.96. The molecule has 0 aromatic carbocycles. The van der Waals surface area contributed by atoms with E-state index >= 15 is 0 Å². The summed E-state index contributed by atoms with van der Waals surface area (Å²) in [5, 5.41) is 3.62. The Balaban J connectivity index is 1.89. The van der Waals surface area contributed by atoms with E-state index in [0.717, 1.165) is 31.6 Å². The van der Waals surface area contributed by atoms with Gasteiger partial charge in [0.2, 0.25) is 0 Å². The second-order valence-corrected chi connectivity index (χ2v) is 5.10. The van der Waals surface area contributed by atoms with Gasteiger partial charge in [-0.15, -0.1) is 0 Å². The quantitative estimate of drug-likeness (QED) is 0.864. The van der Waals surface area contributed by atoms with Crippen LogP contribution < -0.4 is 5.32 Å². The number of nitrogens with zero attached hydrogens (tertiary/aromatic N) is 2. The lowest BCUT2D eigenvalue weighted by molar-refractivity contribution is 0.421. The van der Waals surface area contributed by atoms with Crippen molar-refractivity contribution < 1.29 is 0 Å². The number of fused-ring (bicyclic) bond motifs is 1. The van der Waals surface area contributed by atoms with Gasteiger partial charge in [-0.2, -0.15) is 0 Å². The molecule has 0 fully saturated rings. The van der Waals surface area contributed by atoms with Crippen molar-refractivity contribution in [3.8, 4) is 0 Å². The molecule has 0 aliphatic heterocycles. The van der Waals surface area contributed by atoms with E-state index in [1.807, 2.05) is 24.7 Å². The van der Waals surface area contributed by atoms with Crippen molar-refractivity contribution in [1.29, 1.82) is 0 Å². The fraction of sp³-hybridized carbons (Fsp3) is 0.467. The first kappa shape index (κ1) is 12.4. The zero-order valence-corrected chi connectivity index (χ0v) is 11.3. The van der Waals surface area contributed by atoms with Gasteiger partial charge in [0.05, 0.1) is 6.04 Å². The maximum atomic E-state index is 4.60. The smallest absolute Gasteiger partial charge is 0.123 e. The molecule has 0 radical (unpaired) electrons. The van der Waals surface area contributed by atoms with Gasteiger partial charge in [0, 0.05) is 30.2 Å². The molecule has 0 amide bonds. The molecule has 100 valence electrons. The number of aryl methyl sites for hydroxylation is 1. The molecular weight excluding hydrogens is 236 g/mol. The van der Waals surface area contributed by atoms with Crippen molar-refractivity contribution in [2.24, 2.45) is 0 Å². The molecule has 1 aliphatic rings. The molecule has 2 N–H and O–H groups in total. The largest absolute Gasteiger partial charge is 0.347 e. The summed E-state index contributed by atoms with van der Waals surface area (Å²) in [7, 11) is 0. The highest BCUT2D eigenvalue weighted by Crippen LogP contribution is 2.39. The van der Waals surface area contributed by atoms with Gasteiger partial charge in [0.15, 0.2) is 0 Å². The van der Waals surface area contributed by atoms with Crippen LogP contribution in [-0.2, 0) is 6.42 Å². The lowest BCUT2D eigenvalue weighted by Crippen LogP contribution is -2.28. The minimum atomic E-state index is 0.242. The molecule has 2 heterocycles. The third-order valence-corrected chi connectivity index (χ3v) is 3.83. The summed E-state index contributed by atoms with van der Waals surface area (Å²) in [5.74, 6) is 1.45. The van der Waals surface area contributed by atoms with Crippen LogP contribution in [0.2, 0.25) is 0 Å². The minimum Gasteiger partial charge on any atom is -0.347 e. The van der Waals surface area contributed by atoms with Crippen molar-refractivity contribution >= 4 is 0 Å². The van der Waals surface area contributed by atoms with E-state index < -0.39 is 0 Å². The molecule has 4 nitrogen and oxygen atoms in total. The Labute approximate surface area is 113 Å². The third kappa shape index (κ3) is 2.40. The van der Waals surface area contributed by atoms with Crippen LogP contribution in [0.3, 0.4) is 0 Å². The first-order valence-corrected chi connectivity index (χ1v) is 7.06. The summed E-state index contributed by atoms with van der Waals surface area (Å²) in [6.45, 7) is 3.19. The van der Waals surface area contributed by atoms with Crippen molar-refractivity contribution in [2.45, 2.75) is 38.1 Å². The van der Waals surface area contributed by atoms with E-state index in [9.17, 15) is 0 Å². The Kier molecular flexibility index (Phi) is 3.60. The maximum Gasteiger partial charge on any atom is 0.123 e. The summed E-state index contributed by atoms with van der Waals surface area (Å²) in [6, 6.07) is 4.47. The summed E-state index contributed by atoms with van der Waals surface area (Å²) in [4.78, 5) is 12.3. The number of H-pyrrole nitrogens is 1. The number of rotatable bonds is 5. The van der Waals surface area contributed by atoms with Gasteiger partial charge in [0.25, 0.3) is 0 Å². The molecule has 1 aliphatic carbocycles. The molecule has 0 saturated carbocycles. The van der Waals surface area contributed by atoms with E-state index in [-0.39, 0.29) is 6.04 Å². The molecule has 4 heteroatoms. The maximum absolute atomic E-state index is 4.60. The number of aromatic nitrogens is 3. The Morgan fingerprint density at radius 3 is 3.16 bits per heavy atom. The van der Waals surface area contributed by atoms with E-state index in [2.05, 4.69) is 33.3 Å². The van der Waals surface area contributed by atoms with E-state index in [4.69, 9.17) is 0 Å². The topological polar surface area (TPSA) is 53.6 Å². The molecule has 0 saturated heterocycles. The van der Waals surface area contributed by atoms with Crippen molar-refractivity contribution in [2.75, 3.05) is 6.54 Å². The van der Waals surface area contributed by atoms with Gasteiger partial charge in [-0.3, -0.25) is 4.98 Å². The molecular formula is C15H20N4. The van der Waals surface area contributed by atoms with E-state index in [1.54, 1.807) is 0 Å². The first-order chi connectivity index (χ1) is 9.40. The molecule has 2 aromatic rings. The second-order valence-electron chi connectivity index (χ2n) is 5.10. The van der Waals surface area contributed by atoms with Crippen molar-refractivity contribution in [3.63, 3.8) is 0 Å². The highest BCUT2D eigenvalue weighted by Gasteiger charge is 2.32. The van der Waals surface area contributed by atoms with Crippen molar-refractivity contribution in [1.82, 2.24) is 20.3 Å². The predicted octanol–water partition coefficient (Wildman–Crippen LogP) is 2.58. The van der Waals surface area contributed by atoms with Gasteiger partial charge in [-0.25, -0.2) is 4.98 Å². The SMILES string of the molecule is CCCNC(c1ncc[nH]1)C1CCc2cccnc21. The predicted molar refractivity (Wildman–Crippen MR) is 74.9 cm³/mol. The van der Waals surface area contributed by atoms with E-state index in [1.165, 1.54) is 11.3 Å². The molecule has 2 aromatic heterocycles. The monoisotopic (exact) mass is 256 g/mol. The molecule has 3 rings (SSSR count). The zero-order valence-electron chi connectivity index (χ0n) is 11.3. The van der Waals surface area contributed by atoms with Crippen LogP contribution in [0.15, 0.2) is 30.7 Å². The van der Waals surface area contributed by atoms with Gasteiger partial charge >= 0.3 is 0 Å². The number of hydrogen-bond donors (Lipinski definition) is 2. The lowest BCUT2D eigenvalue weighted by Gasteiger charge is -2.23. The van der Waals surface area contributed by atoms with Crippen LogP contribution in [0.25, 0.3) is 0 Å². The number of nitrogens with one attached hydrogen (secondary N) is 2. The molecule has 2 atom stereocenters. The van der Waals surface area contributed by atoms with Crippen LogP contribution in [0.5, 0.6) is 0 Å². The number of hydrogen-bond acceptors (Lipinski definition) is 3. The summed E-state index contributed by atoms with van der Waals surface area (Å²) >= 11 is 0. The zero-order chi connectivity index (χ0) is 13.1. The summed E-state index contributed by atoms with van der Waals surface area (Å²) in [5.41, 5.74) is 2.63. The minimum absolute atomic E-state index is 0.242. The van der Waals surface area contributed by atoms with Gasteiger partial charge in [0.1, 0.15) is 5.82 Å². The second kappa shape index (κ2) is 5.53. The van der Waals surface area contributed by atoms with E-state index in [0.29, 0.717) is 5.92 Å². The van der Waals surface area contributed by atoms with Gasteiger partial charge in [-0.1, -0.05) is 13.0 Å². The van der Waals surface area contributed by atoms with Crippen LogP contribution in [0.4, 0.5) is 0 Å². The fourth-order valence-electron chi connectivity index (χ4n) is 2.95. The Morgan fingerprint density at radius 2 is 2.37 bits per heavy atom. The molecule has 0 spiro atoms. The van der Waals surface area contributed by atoms with Crippen LogP contribution >= 0.6 is 0 Å². The number of imidazole rings is 1. The van der Waals surface area contributed by atoms with Crippen LogP contribution in [0.1, 0.15) is 48.8 Å². The molecule has 2 unspecified atom stereocenters. The highest BCUT2D eigenvalue weighted by molar-refractivity contribution is 5.31. The Hall–Kier alpha value is -1.68. The average molecular weight is 256 g/mol. The van der Waals surface area contributed by atoms with Gasteiger partial charge < -0.3 is 10.3 Å². The van der Waals surface area contributed by atoms with Crippen LogP contribution in [0, 0.1) is 0 Å². The first-order valence-electron chi connectivity index (χ1n) is 7.06. The number of pyridine rings is 1. The Bertz CT molecular complexity index is 521. The normalized spacial score (nSPS) is 19.3. The third-order valence-electron chi connectivity index (χ3n) is 3.83. The highest BCUT2D eigenvalue weighted by atomic mass is 15.0. The van der Waals surface area contributed by atoms with Gasteiger partial charge in [-0.05, 0) is 37.4 Å². The van der Waals surface area contributed by atoms with Crippen LogP contribution in [-0.4, -0.2) is 21.5 Å². The standard InChI is InChI=1S/C15H20N4/c1-2-7-16-14(15-18-9-10-19-15)12-6-5-11-4-3-8-17-13(11)12/h3-4,8-10,12,14,16H,2,5-7H2,1H3,(H,18,19). The summed E-state index contributed by atoms with van der Waals surface area (Å²) < 4.78 is 0. The summed E-state index contributed by atoms with van der Waals surface area (Å²) in [6.07, 6.45) is 9.01. The molecule has 0 bridgehead atoms. The van der Waals surface area contributed by atoms with Crippen molar-refractivity contribution in [3.05, 3.63) is 47.8 Å². The average Bonchev–Trinajstić information content (AvgIpc) is 3.09. The Morgan fingerprint density at radius 1 is 1.42 bits per heavy atom. The number of aromatic amines is 1.